The average molecular weight is 328 g/mol. The van der Waals surface area contributed by atoms with Crippen LogP contribution in [0.4, 0.5) is 5.69 Å². The third kappa shape index (κ3) is 3.93. The molecule has 1 N–H and O–H groups in total. The number of fused-ring (bicyclic) bond motifs is 1. The summed E-state index contributed by atoms with van der Waals surface area (Å²) >= 11 is 5.52. The zero-order valence-corrected chi connectivity index (χ0v) is 13.9. The van der Waals surface area contributed by atoms with Crippen LogP contribution in [0.15, 0.2) is 54.6 Å². The van der Waals surface area contributed by atoms with Crippen molar-refractivity contribution in [3.05, 3.63) is 54.6 Å². The molecule has 0 fully saturated rings. The molecule has 0 radical (unpaired) electrons. The van der Waals surface area contributed by atoms with Crippen LogP contribution in [0.2, 0.25) is 0 Å². The van der Waals surface area contributed by atoms with Gasteiger partial charge in [0.1, 0.15) is 6.61 Å². The van der Waals surface area contributed by atoms with Crippen LogP contribution in [0, 0.1) is 0 Å². The van der Waals surface area contributed by atoms with E-state index in [4.69, 9.17) is 21.7 Å². The molecule has 2 aromatic carbocycles. The number of anilines is 1. The molecule has 0 saturated heterocycles. The van der Waals surface area contributed by atoms with E-state index >= 15 is 0 Å². The van der Waals surface area contributed by atoms with Crippen LogP contribution < -0.4 is 14.8 Å². The molecule has 120 valence electrons. The summed E-state index contributed by atoms with van der Waals surface area (Å²) < 4.78 is 11.8. The Morgan fingerprint density at radius 2 is 1.83 bits per heavy atom. The van der Waals surface area contributed by atoms with E-state index in [9.17, 15) is 0 Å². The van der Waals surface area contributed by atoms with Crippen LogP contribution in [0.5, 0.6) is 11.5 Å². The first-order valence-corrected chi connectivity index (χ1v) is 8.16. The summed E-state index contributed by atoms with van der Waals surface area (Å²) in [6.07, 6.45) is -0.0413. The molecule has 1 aliphatic heterocycles. The lowest BCUT2D eigenvalue weighted by atomic mass is 10.2. The largest absolute Gasteiger partial charge is 0.486 e. The third-order valence-electron chi connectivity index (χ3n) is 3.69. The summed E-state index contributed by atoms with van der Waals surface area (Å²) in [6.45, 7) is 4.10. The predicted octanol–water partition coefficient (Wildman–Crippen LogP) is 3.55. The monoisotopic (exact) mass is 328 g/mol. The Labute approximate surface area is 142 Å². The van der Waals surface area contributed by atoms with Gasteiger partial charge in [-0.3, -0.25) is 0 Å². The molecule has 2 aromatic rings. The number of hydrogen-bond acceptors (Lipinski definition) is 3. The van der Waals surface area contributed by atoms with Crippen LogP contribution in [0.25, 0.3) is 0 Å². The number of benzene rings is 2. The van der Waals surface area contributed by atoms with Crippen molar-refractivity contribution >= 4 is 23.0 Å². The van der Waals surface area contributed by atoms with Gasteiger partial charge >= 0.3 is 0 Å². The van der Waals surface area contributed by atoms with Crippen molar-refractivity contribution in [2.45, 2.75) is 13.0 Å². The van der Waals surface area contributed by atoms with Crippen LogP contribution in [0.1, 0.15) is 6.92 Å². The van der Waals surface area contributed by atoms with Gasteiger partial charge in [0.2, 0.25) is 0 Å². The molecule has 0 bridgehead atoms. The molecular formula is C18H20N2O2S. The van der Waals surface area contributed by atoms with Gasteiger partial charge in [0.25, 0.3) is 0 Å². The van der Waals surface area contributed by atoms with Crippen molar-refractivity contribution in [2.24, 2.45) is 0 Å². The Kier molecular flexibility index (Phi) is 4.98. The molecule has 3 rings (SSSR count). The number of rotatable bonds is 4. The first-order chi connectivity index (χ1) is 11.3. The minimum atomic E-state index is -0.0413. The Hall–Kier alpha value is -2.27. The van der Waals surface area contributed by atoms with E-state index in [2.05, 4.69) is 17.1 Å². The lowest BCUT2D eigenvalue weighted by Crippen LogP contribution is -2.45. The van der Waals surface area contributed by atoms with Crippen molar-refractivity contribution in [1.29, 1.82) is 0 Å². The predicted molar refractivity (Wildman–Crippen MR) is 96.3 cm³/mol. The first kappa shape index (κ1) is 15.6. The normalized spacial score (nSPS) is 15.8. The number of hydrogen-bond donors (Lipinski definition) is 1. The number of likely N-dealkylation sites (N-methyl/N-ethyl adjacent to an activating group) is 1. The fourth-order valence-corrected chi connectivity index (χ4v) is 2.80. The van der Waals surface area contributed by atoms with Gasteiger partial charge in [-0.25, -0.2) is 0 Å². The molecule has 0 unspecified atom stereocenters. The number of thiocarbonyl (C=S) groups is 1. The topological polar surface area (TPSA) is 33.7 Å². The van der Waals surface area contributed by atoms with E-state index in [1.165, 1.54) is 0 Å². The molecular weight excluding hydrogens is 308 g/mol. The van der Waals surface area contributed by atoms with E-state index in [1.807, 2.05) is 54.6 Å². The molecule has 0 spiro atoms. The molecule has 0 aromatic heterocycles. The fraction of sp³-hybridized carbons (Fsp3) is 0.278. The average Bonchev–Trinajstić information content (AvgIpc) is 2.60. The zero-order chi connectivity index (χ0) is 16.1. The van der Waals surface area contributed by atoms with Gasteiger partial charge in [-0.2, -0.15) is 0 Å². The third-order valence-corrected chi connectivity index (χ3v) is 4.05. The fourth-order valence-electron chi connectivity index (χ4n) is 2.48. The molecule has 5 heteroatoms. The number of ether oxygens (including phenoxy) is 2. The van der Waals surface area contributed by atoms with Crippen molar-refractivity contribution in [1.82, 2.24) is 4.90 Å². The maximum atomic E-state index is 6.01. The van der Waals surface area contributed by atoms with Crippen molar-refractivity contribution < 1.29 is 9.47 Å². The summed E-state index contributed by atoms with van der Waals surface area (Å²) in [7, 11) is 0. The quantitative estimate of drug-likeness (QED) is 0.868. The minimum Gasteiger partial charge on any atom is -0.486 e. The number of nitrogens with zero attached hydrogens (tertiary/aromatic N) is 1. The van der Waals surface area contributed by atoms with Gasteiger partial charge in [0, 0.05) is 12.2 Å². The van der Waals surface area contributed by atoms with Gasteiger partial charge in [0.15, 0.2) is 22.7 Å². The lowest BCUT2D eigenvalue weighted by Gasteiger charge is -2.32. The van der Waals surface area contributed by atoms with Crippen molar-refractivity contribution in [3.8, 4) is 11.5 Å². The lowest BCUT2D eigenvalue weighted by molar-refractivity contribution is 0.0754. The minimum absolute atomic E-state index is 0.0413. The molecule has 1 heterocycles. The molecule has 1 atom stereocenters. The molecule has 4 nitrogen and oxygen atoms in total. The maximum Gasteiger partial charge on any atom is 0.173 e. The van der Waals surface area contributed by atoms with Crippen molar-refractivity contribution in [2.75, 3.05) is 25.0 Å². The van der Waals surface area contributed by atoms with Gasteiger partial charge in [-0.1, -0.05) is 30.3 Å². The molecule has 0 aliphatic carbocycles. The van der Waals surface area contributed by atoms with Crippen molar-refractivity contribution in [3.63, 3.8) is 0 Å². The Bertz CT molecular complexity index is 663. The van der Waals surface area contributed by atoms with E-state index < -0.39 is 0 Å². The first-order valence-electron chi connectivity index (χ1n) is 7.75. The second kappa shape index (κ2) is 7.33. The summed E-state index contributed by atoms with van der Waals surface area (Å²) in [5.74, 6) is 1.60. The summed E-state index contributed by atoms with van der Waals surface area (Å²) in [4.78, 5) is 2.09. The second-order valence-corrected chi connectivity index (χ2v) is 5.72. The number of para-hydroxylation sites is 3. The van der Waals surface area contributed by atoms with Gasteiger partial charge in [-0.05, 0) is 43.4 Å². The van der Waals surface area contributed by atoms with E-state index in [0.717, 1.165) is 23.7 Å². The molecule has 1 aliphatic rings. The highest BCUT2D eigenvalue weighted by molar-refractivity contribution is 7.80. The zero-order valence-electron chi connectivity index (χ0n) is 13.1. The molecule has 0 saturated carbocycles. The highest BCUT2D eigenvalue weighted by atomic mass is 32.1. The van der Waals surface area contributed by atoms with Gasteiger partial charge in [0.05, 0.1) is 6.54 Å². The van der Waals surface area contributed by atoms with Gasteiger partial charge in [-0.15, -0.1) is 0 Å². The van der Waals surface area contributed by atoms with Crippen LogP contribution in [-0.4, -0.2) is 35.8 Å². The van der Waals surface area contributed by atoms with Gasteiger partial charge < -0.3 is 19.7 Å². The highest BCUT2D eigenvalue weighted by Gasteiger charge is 2.23. The summed E-state index contributed by atoms with van der Waals surface area (Å²) in [5.41, 5.74) is 0.988. The Balaban J connectivity index is 1.60. The Morgan fingerprint density at radius 1 is 1.13 bits per heavy atom. The SMILES string of the molecule is CCN(C[C@@H]1COc2ccccc2O1)C(=S)Nc1ccccc1. The Morgan fingerprint density at radius 3 is 2.57 bits per heavy atom. The van der Waals surface area contributed by atoms with E-state index in [0.29, 0.717) is 18.3 Å². The summed E-state index contributed by atoms with van der Waals surface area (Å²) in [6, 6.07) is 17.7. The van der Waals surface area contributed by atoms with Crippen LogP contribution >= 0.6 is 12.2 Å². The number of nitrogens with one attached hydrogen (secondary N) is 1. The molecule has 23 heavy (non-hydrogen) atoms. The van der Waals surface area contributed by atoms with Crippen LogP contribution in [0.3, 0.4) is 0 Å². The standard InChI is InChI=1S/C18H20N2O2S/c1-2-20(18(23)19-14-8-4-3-5-9-14)12-15-13-21-16-10-6-7-11-17(16)22-15/h3-11,15H,2,12-13H2,1H3,(H,19,23)/t15-/m1/s1. The maximum absolute atomic E-state index is 6.01. The highest BCUT2D eigenvalue weighted by Crippen LogP contribution is 2.31. The van der Waals surface area contributed by atoms with E-state index in [1.54, 1.807) is 0 Å². The second-order valence-electron chi connectivity index (χ2n) is 5.33. The van der Waals surface area contributed by atoms with E-state index in [-0.39, 0.29) is 6.10 Å². The summed E-state index contributed by atoms with van der Waals surface area (Å²) in [5, 5.41) is 3.96. The molecule has 0 amide bonds. The smallest absolute Gasteiger partial charge is 0.173 e. The van der Waals surface area contributed by atoms with Crippen LogP contribution in [-0.2, 0) is 0 Å².